The summed E-state index contributed by atoms with van der Waals surface area (Å²) in [6.07, 6.45) is -4.77. The number of anilines is 1. The van der Waals surface area contributed by atoms with Crippen molar-refractivity contribution in [1.82, 2.24) is 4.72 Å². The lowest BCUT2D eigenvalue weighted by Crippen LogP contribution is -2.56. The van der Waals surface area contributed by atoms with Crippen LogP contribution in [0, 0.1) is 6.92 Å². The van der Waals surface area contributed by atoms with E-state index in [4.69, 9.17) is 11.6 Å². The van der Waals surface area contributed by atoms with Crippen molar-refractivity contribution in [3.8, 4) is 0 Å². The van der Waals surface area contributed by atoms with Crippen LogP contribution in [0.3, 0.4) is 0 Å². The molecular formula is C17H16ClF3N2O2S2. The van der Waals surface area contributed by atoms with Gasteiger partial charge in [0.25, 0.3) is 0 Å². The Morgan fingerprint density at radius 3 is 2.52 bits per heavy atom. The SMILES string of the molecule is Cc1ccc(S(=O)(=O)NC(C2CSc3ccc(Cl)cc3N2)C(F)(F)F)cc1. The highest BCUT2D eigenvalue weighted by atomic mass is 35.5. The molecule has 2 atom stereocenters. The normalized spacial score (nSPS) is 18.5. The van der Waals surface area contributed by atoms with Gasteiger partial charge in [0, 0.05) is 21.4 Å². The molecule has 3 rings (SSSR count). The number of halogens is 4. The average Bonchev–Trinajstić information content (AvgIpc) is 2.58. The smallest absolute Gasteiger partial charge is 0.379 e. The van der Waals surface area contributed by atoms with Crippen molar-refractivity contribution in [2.75, 3.05) is 11.1 Å². The van der Waals surface area contributed by atoms with E-state index in [9.17, 15) is 21.6 Å². The molecule has 0 saturated carbocycles. The molecule has 10 heteroatoms. The third-order valence-corrected chi connectivity index (χ3v) is 6.95. The summed E-state index contributed by atoms with van der Waals surface area (Å²) in [6, 6.07) is 7.05. The van der Waals surface area contributed by atoms with Gasteiger partial charge in [-0.25, -0.2) is 8.42 Å². The van der Waals surface area contributed by atoms with Gasteiger partial charge in [-0.3, -0.25) is 0 Å². The molecule has 0 aliphatic carbocycles. The quantitative estimate of drug-likeness (QED) is 0.743. The van der Waals surface area contributed by atoms with Crippen LogP contribution in [0.2, 0.25) is 5.02 Å². The first-order chi connectivity index (χ1) is 12.6. The second-order valence-corrected chi connectivity index (χ2v) is 9.37. The number of hydrogen-bond acceptors (Lipinski definition) is 4. The maximum absolute atomic E-state index is 13.7. The summed E-state index contributed by atoms with van der Waals surface area (Å²) in [7, 11) is -4.34. The van der Waals surface area contributed by atoms with Crippen LogP contribution in [-0.4, -0.2) is 32.4 Å². The lowest BCUT2D eigenvalue weighted by atomic mass is 10.1. The molecule has 2 aromatic carbocycles. The molecule has 2 N–H and O–H groups in total. The first-order valence-electron chi connectivity index (χ1n) is 7.91. The summed E-state index contributed by atoms with van der Waals surface area (Å²) < 4.78 is 67.8. The zero-order valence-corrected chi connectivity index (χ0v) is 16.4. The van der Waals surface area contributed by atoms with Crippen LogP contribution in [0.5, 0.6) is 0 Å². The summed E-state index contributed by atoms with van der Waals surface area (Å²) in [5.41, 5.74) is 1.26. The van der Waals surface area contributed by atoms with Gasteiger partial charge in [-0.05, 0) is 37.3 Å². The predicted molar refractivity (Wildman–Crippen MR) is 101 cm³/mol. The van der Waals surface area contributed by atoms with E-state index >= 15 is 0 Å². The second-order valence-electron chi connectivity index (χ2n) is 6.16. The summed E-state index contributed by atoms with van der Waals surface area (Å²) in [5, 5.41) is 3.16. The Bertz CT molecular complexity index is 934. The number of hydrogen-bond donors (Lipinski definition) is 2. The van der Waals surface area contributed by atoms with E-state index in [0.717, 1.165) is 10.5 Å². The molecule has 4 nitrogen and oxygen atoms in total. The Labute approximate surface area is 164 Å². The molecule has 0 bridgehead atoms. The van der Waals surface area contributed by atoms with Crippen molar-refractivity contribution in [2.45, 2.75) is 35.0 Å². The largest absolute Gasteiger partial charge is 0.406 e. The molecule has 1 heterocycles. The van der Waals surface area contributed by atoms with E-state index in [2.05, 4.69) is 5.32 Å². The molecule has 0 spiro atoms. The van der Waals surface area contributed by atoms with Crippen LogP contribution >= 0.6 is 23.4 Å². The van der Waals surface area contributed by atoms with E-state index in [1.165, 1.54) is 42.1 Å². The van der Waals surface area contributed by atoms with Crippen molar-refractivity contribution in [3.63, 3.8) is 0 Å². The minimum absolute atomic E-state index is 0.0508. The van der Waals surface area contributed by atoms with Gasteiger partial charge in [0.15, 0.2) is 0 Å². The molecule has 146 valence electrons. The van der Waals surface area contributed by atoms with E-state index in [1.807, 2.05) is 4.72 Å². The number of alkyl halides is 3. The van der Waals surface area contributed by atoms with Gasteiger partial charge in [0.1, 0.15) is 6.04 Å². The molecule has 0 saturated heterocycles. The van der Waals surface area contributed by atoms with E-state index < -0.39 is 28.3 Å². The van der Waals surface area contributed by atoms with Crippen molar-refractivity contribution in [3.05, 3.63) is 53.1 Å². The molecule has 0 aromatic heterocycles. The topological polar surface area (TPSA) is 58.2 Å². The first kappa shape index (κ1) is 20.3. The summed E-state index contributed by atoms with van der Waals surface area (Å²) in [6.45, 7) is 1.76. The summed E-state index contributed by atoms with van der Waals surface area (Å²) in [5.74, 6) is 0.0508. The van der Waals surface area contributed by atoms with Crippen molar-refractivity contribution < 1.29 is 21.6 Å². The lowest BCUT2D eigenvalue weighted by Gasteiger charge is -2.34. The number of aryl methyl sites for hydroxylation is 1. The number of thioether (sulfide) groups is 1. The number of nitrogens with one attached hydrogen (secondary N) is 2. The van der Waals surface area contributed by atoms with Crippen LogP contribution in [-0.2, 0) is 10.0 Å². The van der Waals surface area contributed by atoms with E-state index in [-0.39, 0.29) is 10.6 Å². The third kappa shape index (κ3) is 4.71. The Balaban J connectivity index is 1.88. The van der Waals surface area contributed by atoms with Crippen LogP contribution in [0.1, 0.15) is 5.56 Å². The number of sulfonamides is 1. The Hall–Kier alpha value is -1.42. The second kappa shape index (κ2) is 7.54. The minimum Gasteiger partial charge on any atom is -0.379 e. The van der Waals surface area contributed by atoms with Crippen molar-refractivity contribution in [1.29, 1.82) is 0 Å². The fourth-order valence-electron chi connectivity index (χ4n) is 2.67. The third-order valence-electron chi connectivity index (χ3n) is 4.07. The van der Waals surface area contributed by atoms with Crippen molar-refractivity contribution >= 4 is 39.1 Å². The van der Waals surface area contributed by atoms with Gasteiger partial charge in [0.05, 0.1) is 10.9 Å². The first-order valence-corrected chi connectivity index (χ1v) is 10.8. The lowest BCUT2D eigenvalue weighted by molar-refractivity contribution is -0.153. The molecule has 2 unspecified atom stereocenters. The summed E-state index contributed by atoms with van der Waals surface area (Å²) >= 11 is 7.13. The maximum atomic E-state index is 13.7. The Kier molecular flexibility index (Phi) is 5.67. The van der Waals surface area contributed by atoms with E-state index in [0.29, 0.717) is 10.7 Å². The monoisotopic (exact) mass is 436 g/mol. The highest BCUT2D eigenvalue weighted by molar-refractivity contribution is 7.99. The Morgan fingerprint density at radius 2 is 1.89 bits per heavy atom. The number of benzene rings is 2. The fraction of sp³-hybridized carbons (Fsp3) is 0.294. The molecule has 1 aliphatic heterocycles. The van der Waals surface area contributed by atoms with E-state index in [1.54, 1.807) is 19.1 Å². The van der Waals surface area contributed by atoms with Crippen LogP contribution in [0.4, 0.5) is 18.9 Å². The zero-order chi connectivity index (χ0) is 19.8. The highest BCUT2D eigenvalue weighted by Gasteiger charge is 2.48. The average molecular weight is 437 g/mol. The van der Waals surface area contributed by atoms with Gasteiger partial charge in [0.2, 0.25) is 10.0 Å². The molecule has 2 aromatic rings. The number of fused-ring (bicyclic) bond motifs is 1. The van der Waals surface area contributed by atoms with Crippen LogP contribution in [0.15, 0.2) is 52.3 Å². The van der Waals surface area contributed by atoms with Gasteiger partial charge >= 0.3 is 6.18 Å². The van der Waals surface area contributed by atoms with Crippen molar-refractivity contribution in [2.24, 2.45) is 0 Å². The van der Waals surface area contributed by atoms with Gasteiger partial charge in [-0.15, -0.1) is 11.8 Å². The van der Waals surface area contributed by atoms with Gasteiger partial charge in [-0.2, -0.15) is 17.9 Å². The molecule has 27 heavy (non-hydrogen) atoms. The molecule has 0 fully saturated rings. The van der Waals surface area contributed by atoms with Gasteiger partial charge in [-0.1, -0.05) is 29.3 Å². The molecule has 0 radical (unpaired) electrons. The summed E-state index contributed by atoms with van der Waals surface area (Å²) in [4.78, 5) is 0.548. The molecular weight excluding hydrogens is 421 g/mol. The number of rotatable bonds is 4. The van der Waals surface area contributed by atoms with Crippen LogP contribution in [0.25, 0.3) is 0 Å². The minimum atomic E-state index is -4.77. The zero-order valence-electron chi connectivity index (χ0n) is 14.0. The molecule has 1 aliphatic rings. The maximum Gasteiger partial charge on any atom is 0.406 e. The van der Waals surface area contributed by atoms with Gasteiger partial charge < -0.3 is 5.32 Å². The fourth-order valence-corrected chi connectivity index (χ4v) is 5.18. The Morgan fingerprint density at radius 1 is 1.22 bits per heavy atom. The standard InChI is InChI=1S/C17H16ClF3N2O2S2/c1-10-2-5-12(6-3-10)27(24,25)23-16(17(19,20)21)14-9-26-15-7-4-11(18)8-13(15)22-14/h2-8,14,16,22-23H,9H2,1H3. The molecule has 0 amide bonds. The highest BCUT2D eigenvalue weighted by Crippen LogP contribution is 2.38. The van der Waals surface area contributed by atoms with Crippen LogP contribution < -0.4 is 10.0 Å². The predicted octanol–water partition coefficient (Wildman–Crippen LogP) is 4.44.